The van der Waals surface area contributed by atoms with Crippen LogP contribution < -0.4 is 29.6 Å². The fraction of sp³-hybridized carbons (Fsp3) is 0.273. The minimum atomic E-state index is -4.74. The molecule has 1 aromatic heterocycles. The topological polar surface area (TPSA) is 109 Å². The Morgan fingerprint density at radius 3 is 2.38 bits per heavy atom. The molecule has 124 valence electrons. The number of hydrogen-bond acceptors (Lipinski definition) is 6. The fourth-order valence-corrected chi connectivity index (χ4v) is 2.55. The van der Waals surface area contributed by atoms with Crippen LogP contribution >= 0.6 is 0 Å². The zero-order chi connectivity index (χ0) is 17.4. The second-order valence-corrected chi connectivity index (χ2v) is 6.48. The van der Waals surface area contributed by atoms with Gasteiger partial charge in [0.25, 0.3) is 0 Å². The molecule has 0 spiro atoms. The Morgan fingerprint density at radius 1 is 1.29 bits per heavy atom. The van der Waals surface area contributed by atoms with E-state index in [-0.39, 0.29) is 35.5 Å². The number of amides is 1. The molecule has 2 aromatic rings. The second kappa shape index (κ2) is 7.17. The maximum absolute atomic E-state index is 12.7. The summed E-state index contributed by atoms with van der Waals surface area (Å²) in [6.07, 6.45) is -4.05. The van der Waals surface area contributed by atoms with Crippen molar-refractivity contribution in [2.24, 2.45) is 7.05 Å². The molecule has 0 atom stereocenters. The maximum atomic E-state index is 12.7. The van der Waals surface area contributed by atoms with Crippen LogP contribution in [0.4, 0.5) is 19.1 Å². The summed E-state index contributed by atoms with van der Waals surface area (Å²) in [5, 5.41) is 13.6. The molecule has 1 heterocycles. The van der Waals surface area contributed by atoms with Crippen molar-refractivity contribution < 1.29 is 55.9 Å². The van der Waals surface area contributed by atoms with Gasteiger partial charge < -0.3 is 10.00 Å². The zero-order valence-electron chi connectivity index (χ0n) is 12.7. The number of hydrogen-bond donors (Lipinski definition) is 0. The van der Waals surface area contributed by atoms with E-state index < -0.39 is 37.9 Å². The molecule has 0 saturated carbocycles. The predicted octanol–water partition coefficient (Wildman–Crippen LogP) is -1.52. The summed E-state index contributed by atoms with van der Waals surface area (Å²) in [6.45, 7) is 0. The Hall–Kier alpha value is -1.50. The molecule has 0 aliphatic heterocycles. The maximum Gasteiger partial charge on any atom is 1.00 e. The van der Waals surface area contributed by atoms with Gasteiger partial charge in [0.2, 0.25) is 5.91 Å². The molecule has 0 fully saturated rings. The van der Waals surface area contributed by atoms with Gasteiger partial charge in [-0.3, -0.25) is 9.89 Å². The summed E-state index contributed by atoms with van der Waals surface area (Å²) < 4.78 is 62.6. The van der Waals surface area contributed by atoms with Crippen LogP contribution in [0.25, 0.3) is 5.32 Å². The summed E-state index contributed by atoms with van der Waals surface area (Å²) in [7, 11) is -2.70. The molecule has 2 rings (SSSR count). The van der Waals surface area contributed by atoms with Gasteiger partial charge >= 0.3 is 35.7 Å². The van der Waals surface area contributed by atoms with Crippen LogP contribution in [-0.2, 0) is 23.1 Å². The quantitative estimate of drug-likeness (QED) is 0.607. The molecule has 1 amide bonds. The van der Waals surface area contributed by atoms with Crippen LogP contribution in [-0.4, -0.2) is 40.8 Å². The number of aromatic nitrogens is 4. The number of benzene rings is 1. The first-order chi connectivity index (χ1) is 10.5. The van der Waals surface area contributed by atoms with Crippen LogP contribution in [0.1, 0.15) is 15.9 Å². The number of sulfone groups is 1. The first-order valence-corrected chi connectivity index (χ1v) is 7.79. The van der Waals surface area contributed by atoms with E-state index in [1.54, 1.807) is 0 Å². The molecule has 0 bridgehead atoms. The van der Waals surface area contributed by atoms with Crippen molar-refractivity contribution in [1.82, 2.24) is 20.2 Å². The standard InChI is InChI=1S/C11H10F3N5O3S.Na/c1-19-10(16-17-18-19)15-9(20)7-4-3-6(11(12,13)14)5-8(7)23(2,21)22;/h3-5H,1-2H3,(H,15,16,18,20);/q;+1/p-1. The van der Waals surface area contributed by atoms with Gasteiger partial charge in [-0.15, -0.1) is 10.4 Å². The summed E-state index contributed by atoms with van der Waals surface area (Å²) >= 11 is 0. The van der Waals surface area contributed by atoms with Crippen LogP contribution in [0.2, 0.25) is 0 Å². The molecule has 0 N–H and O–H groups in total. The number of carbonyl (C=O) groups excluding carboxylic acids is 1. The SMILES string of the molecule is Cn1nnnc1[N-]C(=O)c1ccc(C(F)(F)F)cc1S(C)(=O)=O.[Na+]. The minimum absolute atomic E-state index is 0. The van der Waals surface area contributed by atoms with Crippen LogP contribution in [0, 0.1) is 0 Å². The van der Waals surface area contributed by atoms with Gasteiger partial charge in [0.05, 0.1) is 16.4 Å². The van der Waals surface area contributed by atoms with Crippen molar-refractivity contribution in [3.63, 3.8) is 0 Å². The molecule has 24 heavy (non-hydrogen) atoms. The molecular formula is C11H9F3N5NaO3S. The van der Waals surface area contributed by atoms with E-state index in [2.05, 4.69) is 20.8 Å². The number of rotatable bonds is 3. The average Bonchev–Trinajstić information content (AvgIpc) is 2.81. The number of carbonyl (C=O) groups is 1. The van der Waals surface area contributed by atoms with Gasteiger partial charge in [-0.25, -0.2) is 8.42 Å². The summed E-state index contributed by atoms with van der Waals surface area (Å²) in [5.74, 6) is -1.29. The van der Waals surface area contributed by atoms with Crippen molar-refractivity contribution in [3.05, 3.63) is 34.6 Å². The normalized spacial score (nSPS) is 11.7. The number of aryl methyl sites for hydroxylation is 1. The third kappa shape index (κ3) is 4.53. The predicted molar refractivity (Wildman–Crippen MR) is 70.7 cm³/mol. The first-order valence-electron chi connectivity index (χ1n) is 5.90. The first kappa shape index (κ1) is 20.5. The minimum Gasteiger partial charge on any atom is -0.320 e. The molecule has 8 nitrogen and oxygen atoms in total. The zero-order valence-corrected chi connectivity index (χ0v) is 15.6. The molecule has 0 radical (unpaired) electrons. The Labute approximate surface area is 156 Å². The molecule has 0 saturated heterocycles. The monoisotopic (exact) mass is 371 g/mol. The van der Waals surface area contributed by atoms with E-state index in [9.17, 15) is 26.4 Å². The summed E-state index contributed by atoms with van der Waals surface area (Å²) in [6, 6.07) is 1.76. The van der Waals surface area contributed by atoms with Crippen molar-refractivity contribution in [2.75, 3.05) is 6.26 Å². The third-order valence-corrected chi connectivity index (χ3v) is 3.87. The Kier molecular flexibility index (Phi) is 6.14. The Morgan fingerprint density at radius 2 is 1.92 bits per heavy atom. The van der Waals surface area contributed by atoms with Gasteiger partial charge in [-0.1, -0.05) is 0 Å². The number of tetrazole rings is 1. The fourth-order valence-electron chi connectivity index (χ4n) is 1.65. The molecule has 0 aliphatic carbocycles. The van der Waals surface area contributed by atoms with Crippen molar-refractivity contribution >= 4 is 21.7 Å². The van der Waals surface area contributed by atoms with Crippen molar-refractivity contribution in [1.29, 1.82) is 0 Å². The molecule has 0 unspecified atom stereocenters. The molecular weight excluding hydrogens is 362 g/mol. The van der Waals surface area contributed by atoms with Gasteiger partial charge in [0, 0.05) is 11.8 Å². The van der Waals surface area contributed by atoms with Crippen molar-refractivity contribution in [2.45, 2.75) is 11.1 Å². The molecule has 0 aliphatic rings. The van der Waals surface area contributed by atoms with Gasteiger partial charge in [0.15, 0.2) is 9.84 Å². The van der Waals surface area contributed by atoms with E-state index in [1.807, 2.05) is 0 Å². The number of halogens is 3. The van der Waals surface area contributed by atoms with E-state index in [0.29, 0.717) is 18.4 Å². The smallest absolute Gasteiger partial charge is 0.320 e. The largest absolute Gasteiger partial charge is 1.00 e. The molecule has 1 aromatic carbocycles. The van der Waals surface area contributed by atoms with E-state index in [4.69, 9.17) is 0 Å². The van der Waals surface area contributed by atoms with Gasteiger partial charge in [-0.2, -0.15) is 13.2 Å². The van der Waals surface area contributed by atoms with Crippen LogP contribution in [0.5, 0.6) is 0 Å². The van der Waals surface area contributed by atoms with Gasteiger partial charge in [-0.05, 0) is 25.2 Å². The van der Waals surface area contributed by atoms with Crippen LogP contribution in [0.15, 0.2) is 23.1 Å². The van der Waals surface area contributed by atoms with E-state index in [0.717, 1.165) is 10.7 Å². The van der Waals surface area contributed by atoms with Gasteiger partial charge in [0.1, 0.15) is 0 Å². The van der Waals surface area contributed by atoms with E-state index >= 15 is 0 Å². The second-order valence-electron chi connectivity index (χ2n) is 4.50. The summed E-state index contributed by atoms with van der Waals surface area (Å²) in [4.78, 5) is 11.3. The van der Waals surface area contributed by atoms with Crippen molar-refractivity contribution in [3.8, 4) is 0 Å². The average molecular weight is 371 g/mol. The van der Waals surface area contributed by atoms with Crippen LogP contribution in [0.3, 0.4) is 0 Å². The summed E-state index contributed by atoms with van der Waals surface area (Å²) in [5.41, 5.74) is -1.68. The Bertz CT molecular complexity index is 866. The number of alkyl halides is 3. The van der Waals surface area contributed by atoms with E-state index in [1.165, 1.54) is 7.05 Å². The molecule has 13 heteroatoms. The Balaban J connectivity index is 0.00000288. The number of nitrogens with zero attached hydrogens (tertiary/aromatic N) is 5. The third-order valence-electron chi connectivity index (χ3n) is 2.74.